The molecule has 8 nitrogen and oxygen atoms in total. The Labute approximate surface area is 162 Å². The number of nitrogens with zero attached hydrogens (tertiary/aromatic N) is 4. The van der Waals surface area contributed by atoms with E-state index in [4.69, 9.17) is 9.47 Å². The second-order valence-electron chi connectivity index (χ2n) is 8.56. The molecule has 5 rings (SSSR count). The predicted molar refractivity (Wildman–Crippen MR) is 102 cm³/mol. The van der Waals surface area contributed by atoms with E-state index < -0.39 is 0 Å². The maximum atomic E-state index is 12.4. The minimum Gasteiger partial charge on any atom is -0.462 e. The molecule has 1 saturated heterocycles. The van der Waals surface area contributed by atoms with E-state index in [1.54, 1.807) is 6.20 Å². The molecular weight excluding hydrogens is 358 g/mol. The number of ether oxygens (including phenoxy) is 2. The number of H-pyrrole nitrogens is 1. The minimum absolute atomic E-state index is 0.0602. The smallest absolute Gasteiger partial charge is 0.306 e. The van der Waals surface area contributed by atoms with Gasteiger partial charge >= 0.3 is 5.97 Å². The van der Waals surface area contributed by atoms with Crippen molar-refractivity contribution in [3.63, 3.8) is 0 Å². The Kier molecular flexibility index (Phi) is 4.12. The number of hydrogen-bond acceptors (Lipinski definition) is 6. The van der Waals surface area contributed by atoms with E-state index in [-0.39, 0.29) is 23.4 Å². The average molecular weight is 383 g/mol. The second-order valence-corrected chi connectivity index (χ2v) is 8.56. The molecule has 1 saturated carbocycles. The Morgan fingerprint density at radius 2 is 2.25 bits per heavy atom. The predicted octanol–water partition coefficient (Wildman–Crippen LogP) is 2.85. The van der Waals surface area contributed by atoms with Crippen LogP contribution in [-0.4, -0.2) is 49.9 Å². The van der Waals surface area contributed by atoms with E-state index in [9.17, 15) is 4.79 Å². The van der Waals surface area contributed by atoms with Gasteiger partial charge in [0.05, 0.1) is 31.3 Å². The van der Waals surface area contributed by atoms with Gasteiger partial charge in [-0.15, -0.1) is 10.2 Å². The lowest BCUT2D eigenvalue weighted by Crippen LogP contribution is -2.42. The lowest BCUT2D eigenvalue weighted by molar-refractivity contribution is -0.163. The SMILES string of the molecule is CC[C@@H]1C[C@H](OC(=O)CC2(C)COC2)C[C@@H]1c1nnc2cnc3[nH]ccc3n12. The van der Waals surface area contributed by atoms with Crippen LogP contribution < -0.4 is 0 Å². The molecule has 1 aliphatic heterocycles. The standard InChI is InChI=1S/C20H25N5O3/c1-3-12-6-13(28-17(26)8-20(2)10-27-11-20)7-14(12)19-24-23-16-9-22-18-15(25(16)19)4-5-21-18/h4-5,9,12-14,21H,3,6-8,10-11H2,1-2H3/t12-,13+,14+/m1/s1. The molecule has 28 heavy (non-hydrogen) atoms. The molecule has 0 radical (unpaired) electrons. The highest BCUT2D eigenvalue weighted by atomic mass is 16.5. The normalized spacial score (nSPS) is 26.6. The molecule has 0 unspecified atom stereocenters. The highest BCUT2D eigenvalue weighted by Gasteiger charge is 2.41. The van der Waals surface area contributed by atoms with Crippen molar-refractivity contribution in [2.75, 3.05) is 13.2 Å². The molecule has 4 heterocycles. The van der Waals surface area contributed by atoms with E-state index in [1.165, 1.54) is 0 Å². The molecule has 3 atom stereocenters. The molecule has 0 bridgehead atoms. The lowest BCUT2D eigenvalue weighted by atomic mass is 9.85. The van der Waals surface area contributed by atoms with Gasteiger partial charge in [0.1, 0.15) is 11.9 Å². The molecule has 0 amide bonds. The zero-order valence-electron chi connectivity index (χ0n) is 16.2. The van der Waals surface area contributed by atoms with Gasteiger partial charge in [-0.3, -0.25) is 9.20 Å². The van der Waals surface area contributed by atoms with Gasteiger partial charge in [0, 0.05) is 17.5 Å². The largest absolute Gasteiger partial charge is 0.462 e. The Bertz CT molecular complexity index is 1020. The molecule has 1 aliphatic carbocycles. The van der Waals surface area contributed by atoms with Gasteiger partial charge < -0.3 is 14.5 Å². The van der Waals surface area contributed by atoms with E-state index in [0.717, 1.165) is 41.9 Å². The van der Waals surface area contributed by atoms with Crippen molar-refractivity contribution in [3.05, 3.63) is 24.3 Å². The van der Waals surface area contributed by atoms with Crippen molar-refractivity contribution >= 4 is 22.8 Å². The fourth-order valence-corrected chi connectivity index (χ4v) is 4.70. The molecule has 0 aromatic carbocycles. The number of fused-ring (bicyclic) bond motifs is 3. The van der Waals surface area contributed by atoms with Crippen LogP contribution in [0.5, 0.6) is 0 Å². The van der Waals surface area contributed by atoms with Crippen molar-refractivity contribution in [1.82, 2.24) is 24.6 Å². The molecule has 1 N–H and O–H groups in total. The first-order valence-corrected chi connectivity index (χ1v) is 10.0. The van der Waals surface area contributed by atoms with Crippen LogP contribution in [-0.2, 0) is 14.3 Å². The van der Waals surface area contributed by atoms with E-state index in [1.807, 2.05) is 12.3 Å². The van der Waals surface area contributed by atoms with Crippen LogP contribution in [0.15, 0.2) is 18.5 Å². The van der Waals surface area contributed by atoms with Crippen LogP contribution in [0.2, 0.25) is 0 Å². The highest BCUT2D eigenvalue weighted by molar-refractivity contribution is 5.74. The van der Waals surface area contributed by atoms with Gasteiger partial charge in [-0.1, -0.05) is 20.3 Å². The first-order chi connectivity index (χ1) is 13.6. The van der Waals surface area contributed by atoms with Crippen molar-refractivity contribution in [1.29, 1.82) is 0 Å². The molecule has 2 aliphatic rings. The molecule has 3 aromatic rings. The Hall–Kier alpha value is -2.48. The number of carbonyl (C=O) groups is 1. The van der Waals surface area contributed by atoms with Crippen molar-refractivity contribution in [2.45, 2.75) is 51.6 Å². The summed E-state index contributed by atoms with van der Waals surface area (Å²) in [4.78, 5) is 20.0. The number of hydrogen-bond donors (Lipinski definition) is 1. The van der Waals surface area contributed by atoms with Crippen LogP contribution in [0, 0.1) is 11.3 Å². The molecule has 0 spiro atoms. The zero-order chi connectivity index (χ0) is 19.3. The summed E-state index contributed by atoms with van der Waals surface area (Å²) < 4.78 is 13.2. The maximum absolute atomic E-state index is 12.4. The Balaban J connectivity index is 1.38. The second kappa shape index (κ2) is 6.55. The topological polar surface area (TPSA) is 94.4 Å². The summed E-state index contributed by atoms with van der Waals surface area (Å²) in [6.07, 6.45) is 6.65. The average Bonchev–Trinajstić information content (AvgIpc) is 3.36. The Morgan fingerprint density at radius 1 is 1.39 bits per heavy atom. The van der Waals surface area contributed by atoms with Gasteiger partial charge in [0.25, 0.3) is 0 Å². The monoisotopic (exact) mass is 383 g/mol. The van der Waals surface area contributed by atoms with Gasteiger partial charge in [-0.2, -0.15) is 0 Å². The lowest BCUT2D eigenvalue weighted by Gasteiger charge is -2.37. The van der Waals surface area contributed by atoms with Gasteiger partial charge in [0.2, 0.25) is 0 Å². The number of aromatic amines is 1. The molecule has 3 aromatic heterocycles. The number of aromatic nitrogens is 5. The summed E-state index contributed by atoms with van der Waals surface area (Å²) in [5.74, 6) is 1.44. The van der Waals surface area contributed by atoms with Crippen molar-refractivity contribution < 1.29 is 14.3 Å². The zero-order valence-corrected chi connectivity index (χ0v) is 16.2. The Morgan fingerprint density at radius 3 is 3.00 bits per heavy atom. The van der Waals surface area contributed by atoms with Crippen LogP contribution in [0.3, 0.4) is 0 Å². The first-order valence-electron chi connectivity index (χ1n) is 10.0. The van der Waals surface area contributed by atoms with E-state index >= 15 is 0 Å². The number of rotatable bonds is 5. The van der Waals surface area contributed by atoms with Gasteiger partial charge in [-0.05, 0) is 24.8 Å². The van der Waals surface area contributed by atoms with Gasteiger partial charge in [0.15, 0.2) is 11.3 Å². The van der Waals surface area contributed by atoms with Crippen LogP contribution in [0.4, 0.5) is 0 Å². The third-order valence-corrected chi connectivity index (χ3v) is 6.24. The first kappa shape index (κ1) is 17.6. The third kappa shape index (κ3) is 2.87. The summed E-state index contributed by atoms with van der Waals surface area (Å²) >= 11 is 0. The minimum atomic E-state index is -0.116. The van der Waals surface area contributed by atoms with Crippen molar-refractivity contribution in [2.24, 2.45) is 11.3 Å². The molecular formula is C20H25N5O3. The van der Waals surface area contributed by atoms with E-state index in [0.29, 0.717) is 25.6 Å². The number of esters is 1. The molecule has 148 valence electrons. The number of carbonyl (C=O) groups excluding carboxylic acids is 1. The third-order valence-electron chi connectivity index (χ3n) is 6.24. The highest BCUT2D eigenvalue weighted by Crippen LogP contribution is 2.43. The molecule has 8 heteroatoms. The summed E-state index contributed by atoms with van der Waals surface area (Å²) in [7, 11) is 0. The summed E-state index contributed by atoms with van der Waals surface area (Å²) in [5.41, 5.74) is 2.48. The van der Waals surface area contributed by atoms with E-state index in [2.05, 4.69) is 38.4 Å². The fourth-order valence-electron chi connectivity index (χ4n) is 4.70. The molecule has 2 fully saturated rings. The van der Waals surface area contributed by atoms with Crippen molar-refractivity contribution in [3.8, 4) is 0 Å². The number of nitrogens with one attached hydrogen (secondary N) is 1. The summed E-state index contributed by atoms with van der Waals surface area (Å²) in [6.45, 7) is 5.53. The summed E-state index contributed by atoms with van der Waals surface area (Å²) in [6, 6.07) is 2.00. The maximum Gasteiger partial charge on any atom is 0.306 e. The van der Waals surface area contributed by atoms with Crippen LogP contribution in [0.1, 0.15) is 51.3 Å². The quantitative estimate of drug-likeness (QED) is 0.681. The van der Waals surface area contributed by atoms with Gasteiger partial charge in [-0.25, -0.2) is 4.98 Å². The fraction of sp³-hybridized carbons (Fsp3) is 0.600. The summed E-state index contributed by atoms with van der Waals surface area (Å²) in [5, 5.41) is 8.83. The van der Waals surface area contributed by atoms with Crippen LogP contribution >= 0.6 is 0 Å². The van der Waals surface area contributed by atoms with Crippen LogP contribution in [0.25, 0.3) is 16.8 Å².